The van der Waals surface area contributed by atoms with Crippen LogP contribution in [-0.2, 0) is 0 Å². The van der Waals surface area contributed by atoms with E-state index >= 15 is 0 Å². The molecule has 0 atom stereocenters. The number of guanidine groups is 1. The molecule has 1 aliphatic rings. The Morgan fingerprint density at radius 3 is 2.56 bits per heavy atom. The van der Waals surface area contributed by atoms with Crippen LogP contribution in [0, 0.1) is 0 Å². The first-order valence-electron chi connectivity index (χ1n) is 2.64. The summed E-state index contributed by atoms with van der Waals surface area (Å²) >= 11 is 0. The molecule has 0 aromatic carbocycles. The molecule has 0 radical (unpaired) electrons. The van der Waals surface area contributed by atoms with E-state index in [0.29, 0.717) is 13.1 Å². The molecule has 1 fully saturated rings. The Labute approximate surface area is 52.4 Å². The fourth-order valence-electron chi connectivity index (χ4n) is 0.706. The second kappa shape index (κ2) is 2.10. The summed E-state index contributed by atoms with van der Waals surface area (Å²) in [7, 11) is 0. The average molecular weight is 131 g/mol. The number of aliphatic hydroxyl groups excluding tert-OH is 1. The van der Waals surface area contributed by atoms with Gasteiger partial charge in [-0.1, -0.05) is 5.16 Å². The van der Waals surface area contributed by atoms with Crippen molar-refractivity contribution >= 4 is 5.96 Å². The molecule has 52 valence electrons. The minimum atomic E-state index is -0.315. The summed E-state index contributed by atoms with van der Waals surface area (Å²) in [5.41, 5.74) is 5.16. The van der Waals surface area contributed by atoms with Gasteiger partial charge in [-0.25, -0.2) is 0 Å². The average Bonchev–Trinajstić information content (AvgIpc) is 1.79. The molecule has 0 bridgehead atoms. The van der Waals surface area contributed by atoms with Gasteiger partial charge in [0.05, 0.1) is 6.10 Å². The topological polar surface area (TPSA) is 82.1 Å². The van der Waals surface area contributed by atoms with Gasteiger partial charge < -0.3 is 20.9 Å². The number of oxime groups is 1. The maximum atomic E-state index is 8.73. The highest BCUT2D eigenvalue weighted by molar-refractivity contribution is 5.78. The lowest BCUT2D eigenvalue weighted by molar-refractivity contribution is 0.0437. The van der Waals surface area contributed by atoms with E-state index in [1.165, 1.54) is 0 Å². The van der Waals surface area contributed by atoms with Gasteiger partial charge in [0.25, 0.3) is 0 Å². The fraction of sp³-hybridized carbons (Fsp3) is 0.750. The molecule has 1 aliphatic heterocycles. The van der Waals surface area contributed by atoms with Crippen LogP contribution in [0.5, 0.6) is 0 Å². The van der Waals surface area contributed by atoms with Gasteiger partial charge in [0.2, 0.25) is 5.96 Å². The molecule has 0 amide bonds. The van der Waals surface area contributed by atoms with E-state index in [0.717, 1.165) is 0 Å². The van der Waals surface area contributed by atoms with Crippen LogP contribution in [0.2, 0.25) is 0 Å². The lowest BCUT2D eigenvalue weighted by atomic mass is 10.2. The summed E-state index contributed by atoms with van der Waals surface area (Å²) in [6.45, 7) is 0.936. The minimum Gasteiger partial charge on any atom is -0.408 e. The van der Waals surface area contributed by atoms with Gasteiger partial charge in [-0.3, -0.25) is 0 Å². The number of likely N-dealkylation sites (tertiary alicyclic amines) is 1. The highest BCUT2D eigenvalue weighted by Crippen LogP contribution is 2.04. The molecule has 5 heteroatoms. The van der Waals surface area contributed by atoms with Crippen molar-refractivity contribution in [2.24, 2.45) is 10.9 Å². The Bertz CT molecular complexity index is 130. The summed E-state index contributed by atoms with van der Waals surface area (Å²) in [5, 5.41) is 19.6. The molecular formula is C4H9N3O2. The molecule has 9 heavy (non-hydrogen) atoms. The van der Waals surface area contributed by atoms with Crippen LogP contribution in [0.15, 0.2) is 5.16 Å². The van der Waals surface area contributed by atoms with Crippen molar-refractivity contribution in [2.45, 2.75) is 6.10 Å². The number of hydrogen-bond donors (Lipinski definition) is 3. The van der Waals surface area contributed by atoms with Crippen molar-refractivity contribution in [2.75, 3.05) is 13.1 Å². The predicted molar refractivity (Wildman–Crippen MR) is 31.0 cm³/mol. The van der Waals surface area contributed by atoms with E-state index in [1.54, 1.807) is 4.90 Å². The van der Waals surface area contributed by atoms with E-state index in [-0.39, 0.29) is 12.1 Å². The smallest absolute Gasteiger partial charge is 0.233 e. The van der Waals surface area contributed by atoms with Crippen molar-refractivity contribution < 1.29 is 10.3 Å². The van der Waals surface area contributed by atoms with Crippen LogP contribution in [0.3, 0.4) is 0 Å². The van der Waals surface area contributed by atoms with E-state index in [4.69, 9.17) is 16.0 Å². The first-order valence-corrected chi connectivity index (χ1v) is 2.64. The maximum absolute atomic E-state index is 8.73. The first-order chi connectivity index (χ1) is 4.24. The third kappa shape index (κ3) is 1.05. The number of aliphatic hydroxyl groups is 1. The molecule has 0 aliphatic carbocycles. The molecule has 0 unspecified atom stereocenters. The Morgan fingerprint density at radius 1 is 1.67 bits per heavy atom. The van der Waals surface area contributed by atoms with E-state index in [2.05, 4.69) is 5.16 Å². The van der Waals surface area contributed by atoms with Crippen molar-refractivity contribution in [3.63, 3.8) is 0 Å². The van der Waals surface area contributed by atoms with Gasteiger partial charge in [0, 0.05) is 13.1 Å². The van der Waals surface area contributed by atoms with E-state index < -0.39 is 0 Å². The zero-order chi connectivity index (χ0) is 6.85. The van der Waals surface area contributed by atoms with Crippen LogP contribution < -0.4 is 5.73 Å². The molecule has 0 aromatic heterocycles. The van der Waals surface area contributed by atoms with E-state index in [1.807, 2.05) is 0 Å². The number of rotatable bonds is 0. The third-order valence-electron chi connectivity index (χ3n) is 1.29. The third-order valence-corrected chi connectivity index (χ3v) is 1.29. The van der Waals surface area contributed by atoms with Crippen LogP contribution in [0.4, 0.5) is 0 Å². The molecule has 5 nitrogen and oxygen atoms in total. The Hall–Kier alpha value is -0.970. The maximum Gasteiger partial charge on any atom is 0.233 e. The summed E-state index contributed by atoms with van der Waals surface area (Å²) in [5.74, 6) is 0.0697. The van der Waals surface area contributed by atoms with Crippen LogP contribution in [0.25, 0.3) is 0 Å². The van der Waals surface area contributed by atoms with Gasteiger partial charge in [0.1, 0.15) is 0 Å². The number of nitrogens with two attached hydrogens (primary N) is 1. The summed E-state index contributed by atoms with van der Waals surface area (Å²) < 4.78 is 0. The van der Waals surface area contributed by atoms with Crippen molar-refractivity contribution in [1.82, 2.24) is 4.90 Å². The predicted octanol–water partition coefficient (Wildman–Crippen LogP) is -1.63. The van der Waals surface area contributed by atoms with Gasteiger partial charge in [-0.2, -0.15) is 0 Å². The first kappa shape index (κ1) is 6.15. The van der Waals surface area contributed by atoms with Gasteiger partial charge >= 0.3 is 0 Å². The second-order valence-electron chi connectivity index (χ2n) is 2.02. The number of nitrogens with zero attached hydrogens (tertiary/aromatic N) is 2. The monoisotopic (exact) mass is 131 g/mol. The Balaban J connectivity index is 2.32. The molecular weight excluding hydrogens is 122 g/mol. The molecule has 0 spiro atoms. The molecule has 0 saturated carbocycles. The molecule has 0 aromatic rings. The zero-order valence-electron chi connectivity index (χ0n) is 4.86. The summed E-state index contributed by atoms with van der Waals surface area (Å²) in [6, 6.07) is 0. The van der Waals surface area contributed by atoms with Gasteiger partial charge in [-0.15, -0.1) is 0 Å². The van der Waals surface area contributed by atoms with Crippen molar-refractivity contribution in [3.05, 3.63) is 0 Å². The summed E-state index contributed by atoms with van der Waals surface area (Å²) in [4.78, 5) is 1.57. The normalized spacial score (nSPS) is 21.9. The van der Waals surface area contributed by atoms with Crippen LogP contribution in [0.1, 0.15) is 0 Å². The lowest BCUT2D eigenvalue weighted by Gasteiger charge is -2.35. The number of β-amino-alcohol motifs (C(OH)–C–C–N with tert-alkyl or cyclic N) is 1. The molecule has 4 N–H and O–H groups in total. The SMILES string of the molecule is N/C(=N\O)N1CC(O)C1. The van der Waals surface area contributed by atoms with Crippen LogP contribution >= 0.6 is 0 Å². The lowest BCUT2D eigenvalue weighted by Crippen LogP contribution is -2.56. The standard InChI is InChI=1S/C4H9N3O2/c5-4(6-9)7-1-3(8)2-7/h3,8-9H,1-2H2,(H2,5,6). The van der Waals surface area contributed by atoms with Crippen molar-refractivity contribution in [3.8, 4) is 0 Å². The molecule has 1 saturated heterocycles. The highest BCUT2D eigenvalue weighted by Gasteiger charge is 2.25. The highest BCUT2D eigenvalue weighted by atomic mass is 16.4. The van der Waals surface area contributed by atoms with E-state index in [9.17, 15) is 0 Å². The zero-order valence-corrected chi connectivity index (χ0v) is 4.86. The molecule has 1 heterocycles. The van der Waals surface area contributed by atoms with Crippen molar-refractivity contribution in [1.29, 1.82) is 0 Å². The molecule has 1 rings (SSSR count). The largest absolute Gasteiger partial charge is 0.408 e. The second-order valence-corrected chi connectivity index (χ2v) is 2.02. The fourth-order valence-corrected chi connectivity index (χ4v) is 0.706. The minimum absolute atomic E-state index is 0.0697. The quantitative estimate of drug-likeness (QED) is 0.159. The van der Waals surface area contributed by atoms with Gasteiger partial charge in [-0.05, 0) is 0 Å². The van der Waals surface area contributed by atoms with Crippen LogP contribution in [-0.4, -0.2) is 40.4 Å². The number of hydrogen-bond acceptors (Lipinski definition) is 3. The summed E-state index contributed by atoms with van der Waals surface area (Å²) in [6.07, 6.45) is -0.315. The Kier molecular flexibility index (Phi) is 1.44. The van der Waals surface area contributed by atoms with Gasteiger partial charge in [0.15, 0.2) is 0 Å². The Morgan fingerprint density at radius 2 is 2.22 bits per heavy atom.